The summed E-state index contributed by atoms with van der Waals surface area (Å²) in [6.07, 6.45) is 13.1. The maximum atomic E-state index is 14.6. The number of aromatic nitrogens is 4. The second-order valence-corrected chi connectivity index (χ2v) is 17.6. The Morgan fingerprint density at radius 2 is 1.74 bits per heavy atom. The molecule has 2 heterocycles. The van der Waals surface area contributed by atoms with Gasteiger partial charge < -0.3 is 20.1 Å². The quantitative estimate of drug-likeness (QED) is 0.376. The number of imidazole rings is 1. The number of ether oxygens (including phenoxy) is 1. The summed E-state index contributed by atoms with van der Waals surface area (Å²) in [4.78, 5) is 41.0. The highest BCUT2D eigenvalue weighted by Crippen LogP contribution is 2.75. The highest BCUT2D eigenvalue weighted by atomic mass is 16.5. The van der Waals surface area contributed by atoms with Gasteiger partial charge in [-0.1, -0.05) is 47.1 Å². The molecule has 4 fully saturated rings. The second-order valence-electron chi connectivity index (χ2n) is 17.6. The van der Waals surface area contributed by atoms with Crippen molar-refractivity contribution in [3.63, 3.8) is 0 Å². The number of aliphatic hydroxyl groups is 1. The SMILES string of the molecule is CC1(C)[C@@H](O)CC[C@]2(C)[C@H]3C(=O)C=C4[C@@H]5C[C@@](C)(C(=O)OCCn6cnc7c(N)ncnc76)CC[C@]5(C)CC[C@@]4(C)[C@]3(C)CC[C@@H]12. The van der Waals surface area contributed by atoms with Crippen LogP contribution in [0.15, 0.2) is 24.3 Å². The van der Waals surface area contributed by atoms with Gasteiger partial charge >= 0.3 is 5.97 Å². The third-order valence-corrected chi connectivity index (χ3v) is 15.0. The first-order valence-corrected chi connectivity index (χ1v) is 17.5. The largest absolute Gasteiger partial charge is 0.463 e. The van der Waals surface area contributed by atoms with Crippen LogP contribution in [-0.2, 0) is 20.9 Å². The standard InChI is InChI=1S/C37H53N5O4/c1-32(2)25-8-11-37(7)28(35(25,5)10-9-26(32)44)24(43)18-22-23-19-34(4,13-12-33(23,3)14-15-36(22,37)6)31(45)46-17-16-42-21-41-27-29(38)39-20-40-30(27)42/h18,20-21,23,25-26,28,44H,8-17,19H2,1-7H3,(H2,38,39,40)/t23-,25-,26-,28+,33+,34-,35-,36+,37+/m0/s1. The molecule has 5 aliphatic rings. The molecule has 5 aliphatic carbocycles. The zero-order chi connectivity index (χ0) is 33.1. The van der Waals surface area contributed by atoms with Crippen molar-refractivity contribution >= 4 is 28.7 Å². The number of hydrogen-bond donors (Lipinski definition) is 2. The molecule has 3 N–H and O–H groups in total. The van der Waals surface area contributed by atoms with Gasteiger partial charge in [-0.25, -0.2) is 15.0 Å². The van der Waals surface area contributed by atoms with Crippen molar-refractivity contribution in [2.75, 3.05) is 12.3 Å². The molecule has 9 heteroatoms. The molecule has 0 aromatic carbocycles. The molecule has 2 aromatic rings. The number of allylic oxidation sites excluding steroid dienone is 2. The molecule has 0 saturated heterocycles. The van der Waals surface area contributed by atoms with Gasteiger partial charge in [0, 0.05) is 5.92 Å². The number of carbonyl (C=O) groups is 2. The molecular formula is C37H53N5O4. The van der Waals surface area contributed by atoms with Crippen LogP contribution in [0.2, 0.25) is 0 Å². The molecule has 0 spiro atoms. The van der Waals surface area contributed by atoms with Crippen LogP contribution in [0.1, 0.15) is 106 Å². The van der Waals surface area contributed by atoms with E-state index in [9.17, 15) is 14.7 Å². The topological polar surface area (TPSA) is 133 Å². The summed E-state index contributed by atoms with van der Waals surface area (Å²) in [5.74, 6) is 0.872. The summed E-state index contributed by atoms with van der Waals surface area (Å²) >= 11 is 0. The fourth-order valence-electron chi connectivity index (χ4n) is 11.8. The first-order valence-electron chi connectivity index (χ1n) is 17.5. The lowest BCUT2D eigenvalue weighted by molar-refractivity contribution is -0.202. The third-order valence-electron chi connectivity index (χ3n) is 15.0. The summed E-state index contributed by atoms with van der Waals surface area (Å²) in [7, 11) is 0. The molecule has 0 radical (unpaired) electrons. The smallest absolute Gasteiger partial charge is 0.311 e. The Labute approximate surface area is 273 Å². The van der Waals surface area contributed by atoms with E-state index in [4.69, 9.17) is 10.5 Å². The molecule has 4 saturated carbocycles. The Kier molecular flexibility index (Phi) is 6.98. The van der Waals surface area contributed by atoms with Gasteiger partial charge in [0.1, 0.15) is 18.5 Å². The Balaban J connectivity index is 1.15. The summed E-state index contributed by atoms with van der Waals surface area (Å²) in [6, 6.07) is 0. The lowest BCUT2D eigenvalue weighted by atomic mass is 9.33. The summed E-state index contributed by atoms with van der Waals surface area (Å²) < 4.78 is 7.81. The number of rotatable bonds is 4. The van der Waals surface area contributed by atoms with E-state index < -0.39 is 5.41 Å². The van der Waals surface area contributed by atoms with Crippen molar-refractivity contribution < 1.29 is 19.4 Å². The van der Waals surface area contributed by atoms with E-state index in [2.05, 4.69) is 69.5 Å². The van der Waals surface area contributed by atoms with Crippen molar-refractivity contribution in [3.8, 4) is 0 Å². The van der Waals surface area contributed by atoms with Gasteiger partial charge in [0.05, 0.1) is 24.4 Å². The van der Waals surface area contributed by atoms with Gasteiger partial charge in [0.2, 0.25) is 0 Å². The normalized spacial score (nSPS) is 43.1. The molecule has 0 bridgehead atoms. The molecule has 9 atom stereocenters. The number of hydrogen-bond acceptors (Lipinski definition) is 8. The molecule has 7 rings (SSSR count). The Bertz CT molecular complexity index is 1630. The molecular weight excluding hydrogens is 578 g/mol. The number of aliphatic hydroxyl groups excluding tert-OH is 1. The number of ketones is 1. The number of nitrogen functional groups attached to an aromatic ring is 1. The predicted octanol–water partition coefficient (Wildman–Crippen LogP) is 6.29. The van der Waals surface area contributed by atoms with E-state index >= 15 is 0 Å². The zero-order valence-electron chi connectivity index (χ0n) is 28.9. The van der Waals surface area contributed by atoms with Crippen LogP contribution in [0.3, 0.4) is 0 Å². The lowest BCUT2D eigenvalue weighted by Gasteiger charge is -2.70. The minimum atomic E-state index is -0.624. The van der Waals surface area contributed by atoms with Crippen LogP contribution in [0.4, 0.5) is 5.82 Å². The average Bonchev–Trinajstić information content (AvgIpc) is 3.41. The molecule has 9 nitrogen and oxygen atoms in total. The van der Waals surface area contributed by atoms with Gasteiger partial charge in [0.25, 0.3) is 0 Å². The van der Waals surface area contributed by atoms with Crippen LogP contribution in [-0.4, -0.2) is 49.1 Å². The Morgan fingerprint density at radius 1 is 1.00 bits per heavy atom. The van der Waals surface area contributed by atoms with E-state index in [-0.39, 0.29) is 63.4 Å². The fraction of sp³-hybridized carbons (Fsp3) is 0.757. The molecule has 0 unspecified atom stereocenters. The van der Waals surface area contributed by atoms with Gasteiger partial charge in [0.15, 0.2) is 17.2 Å². The first kappa shape index (κ1) is 31.8. The number of nitrogens with two attached hydrogens (primary N) is 1. The number of carbonyl (C=O) groups excluding carboxylic acids is 2. The molecule has 250 valence electrons. The number of esters is 1. The molecule has 46 heavy (non-hydrogen) atoms. The van der Waals surface area contributed by atoms with Crippen LogP contribution >= 0.6 is 0 Å². The summed E-state index contributed by atoms with van der Waals surface area (Å²) in [5, 5.41) is 11.0. The van der Waals surface area contributed by atoms with E-state index in [1.54, 1.807) is 6.33 Å². The van der Waals surface area contributed by atoms with Crippen molar-refractivity contribution in [1.29, 1.82) is 0 Å². The maximum Gasteiger partial charge on any atom is 0.311 e. The summed E-state index contributed by atoms with van der Waals surface area (Å²) in [5.41, 5.74) is 7.23. The van der Waals surface area contributed by atoms with Crippen molar-refractivity contribution in [3.05, 3.63) is 24.3 Å². The third kappa shape index (κ3) is 4.18. The highest BCUT2D eigenvalue weighted by molar-refractivity contribution is 5.95. The Morgan fingerprint density at radius 3 is 2.50 bits per heavy atom. The minimum Gasteiger partial charge on any atom is -0.463 e. The minimum absolute atomic E-state index is 0.0524. The fourth-order valence-corrected chi connectivity index (χ4v) is 11.8. The first-order chi connectivity index (χ1) is 21.5. The molecule has 2 aromatic heterocycles. The molecule has 0 amide bonds. The monoisotopic (exact) mass is 631 g/mol. The Hall–Kier alpha value is -2.81. The second kappa shape index (κ2) is 10.1. The number of nitrogens with zero attached hydrogens (tertiary/aromatic N) is 4. The summed E-state index contributed by atoms with van der Waals surface area (Å²) in [6.45, 7) is 16.8. The number of fused-ring (bicyclic) bond motifs is 8. The van der Waals surface area contributed by atoms with Crippen molar-refractivity contribution in [2.45, 2.75) is 119 Å². The van der Waals surface area contributed by atoms with Gasteiger partial charge in [-0.3, -0.25) is 9.59 Å². The predicted molar refractivity (Wildman–Crippen MR) is 176 cm³/mol. The van der Waals surface area contributed by atoms with Gasteiger partial charge in [-0.15, -0.1) is 0 Å². The van der Waals surface area contributed by atoms with Crippen LogP contribution in [0.5, 0.6) is 0 Å². The highest BCUT2D eigenvalue weighted by Gasteiger charge is 2.70. The van der Waals surface area contributed by atoms with Crippen molar-refractivity contribution in [1.82, 2.24) is 19.5 Å². The van der Waals surface area contributed by atoms with Gasteiger partial charge in [-0.05, 0) is 110 Å². The van der Waals surface area contributed by atoms with E-state index in [1.807, 2.05) is 4.57 Å². The average molecular weight is 632 g/mol. The van der Waals surface area contributed by atoms with Gasteiger partial charge in [-0.2, -0.15) is 0 Å². The zero-order valence-corrected chi connectivity index (χ0v) is 28.9. The van der Waals surface area contributed by atoms with Crippen LogP contribution in [0.25, 0.3) is 11.2 Å². The van der Waals surface area contributed by atoms with Crippen molar-refractivity contribution in [2.24, 2.45) is 50.2 Å². The maximum absolute atomic E-state index is 14.6. The van der Waals surface area contributed by atoms with Crippen LogP contribution < -0.4 is 5.73 Å². The van der Waals surface area contributed by atoms with E-state index in [0.717, 1.165) is 51.4 Å². The lowest BCUT2D eigenvalue weighted by Crippen LogP contribution is -2.66. The van der Waals surface area contributed by atoms with Crippen LogP contribution in [0, 0.1) is 50.2 Å². The number of anilines is 1. The molecule has 0 aliphatic heterocycles. The van der Waals surface area contributed by atoms with E-state index in [1.165, 1.54) is 11.9 Å². The van der Waals surface area contributed by atoms with E-state index in [0.29, 0.717) is 35.9 Å².